The largest absolute Gasteiger partial charge is 0.383 e. The second-order valence-electron chi connectivity index (χ2n) is 4.59. The number of aromatic amines is 1. The van der Waals surface area contributed by atoms with E-state index in [2.05, 4.69) is 36.8 Å². The molecule has 0 fully saturated rings. The molecule has 21 heavy (non-hydrogen) atoms. The van der Waals surface area contributed by atoms with Gasteiger partial charge in [-0.05, 0) is 25.1 Å². The lowest BCUT2D eigenvalue weighted by molar-refractivity contribution is 0.805. The maximum atomic E-state index is 5.98. The number of imidazole rings is 1. The molecule has 0 saturated carbocycles. The second kappa shape index (κ2) is 5.65. The predicted octanol–water partition coefficient (Wildman–Crippen LogP) is 2.14. The first kappa shape index (κ1) is 13.7. The molecule has 0 aliphatic carbocycles. The van der Waals surface area contributed by atoms with E-state index in [1.54, 1.807) is 6.33 Å². The molecule has 0 aromatic carbocycles. The average Bonchev–Trinajstić information content (AvgIpc) is 2.94. The molecule has 0 bridgehead atoms. The lowest BCUT2D eigenvalue weighted by Crippen LogP contribution is -2.04. The van der Waals surface area contributed by atoms with Crippen molar-refractivity contribution in [3.63, 3.8) is 0 Å². The standard InChI is InChI=1S/C13H15N7S/c1-3-4-8-19-10(14)7(2)12(20-8)21-13-9-11(16-5-15-9)17-6-18-13/h5-6H,3-4H2,1-2H3,(H2,14,19,20)(H,15,16,17,18). The van der Waals surface area contributed by atoms with Crippen molar-refractivity contribution in [3.05, 3.63) is 24.0 Å². The van der Waals surface area contributed by atoms with Gasteiger partial charge in [-0.15, -0.1) is 0 Å². The molecule has 0 aliphatic heterocycles. The first-order valence-corrected chi connectivity index (χ1v) is 7.45. The molecular formula is C13H15N7S. The van der Waals surface area contributed by atoms with Gasteiger partial charge in [-0.25, -0.2) is 24.9 Å². The molecule has 3 aromatic heterocycles. The molecule has 0 unspecified atom stereocenters. The van der Waals surface area contributed by atoms with E-state index in [1.807, 2.05) is 6.92 Å². The third kappa shape index (κ3) is 2.66. The highest BCUT2D eigenvalue weighted by atomic mass is 32.2. The highest BCUT2D eigenvalue weighted by Gasteiger charge is 2.13. The summed E-state index contributed by atoms with van der Waals surface area (Å²) in [7, 11) is 0. The van der Waals surface area contributed by atoms with Gasteiger partial charge >= 0.3 is 0 Å². The number of anilines is 1. The summed E-state index contributed by atoms with van der Waals surface area (Å²) in [6.45, 7) is 4.00. The third-order valence-electron chi connectivity index (χ3n) is 3.04. The van der Waals surface area contributed by atoms with Crippen molar-refractivity contribution in [3.8, 4) is 0 Å². The Morgan fingerprint density at radius 1 is 1.19 bits per heavy atom. The molecule has 0 saturated heterocycles. The zero-order chi connectivity index (χ0) is 14.8. The van der Waals surface area contributed by atoms with Gasteiger partial charge < -0.3 is 10.7 Å². The number of rotatable bonds is 4. The van der Waals surface area contributed by atoms with Crippen molar-refractivity contribution < 1.29 is 0 Å². The Morgan fingerprint density at radius 2 is 2.05 bits per heavy atom. The molecule has 3 heterocycles. The molecule has 7 nitrogen and oxygen atoms in total. The Bertz CT molecular complexity index is 783. The number of nitrogens with one attached hydrogen (secondary N) is 1. The van der Waals surface area contributed by atoms with Crippen LogP contribution in [-0.2, 0) is 6.42 Å². The maximum Gasteiger partial charge on any atom is 0.181 e. The minimum Gasteiger partial charge on any atom is -0.383 e. The molecular weight excluding hydrogens is 286 g/mol. The number of fused-ring (bicyclic) bond motifs is 1. The number of aryl methyl sites for hydroxylation is 1. The Hall–Kier alpha value is -2.22. The van der Waals surface area contributed by atoms with Gasteiger partial charge in [0, 0.05) is 12.0 Å². The van der Waals surface area contributed by atoms with Crippen LogP contribution in [0.2, 0.25) is 0 Å². The summed E-state index contributed by atoms with van der Waals surface area (Å²) in [4.78, 5) is 24.5. The molecule has 108 valence electrons. The fraction of sp³-hybridized carbons (Fsp3) is 0.308. The van der Waals surface area contributed by atoms with Crippen LogP contribution in [0.1, 0.15) is 24.7 Å². The van der Waals surface area contributed by atoms with E-state index in [0.717, 1.165) is 39.8 Å². The number of nitrogens with two attached hydrogens (primary N) is 1. The highest BCUT2D eigenvalue weighted by molar-refractivity contribution is 7.99. The molecule has 3 N–H and O–H groups in total. The van der Waals surface area contributed by atoms with Crippen LogP contribution < -0.4 is 5.73 Å². The molecule has 3 rings (SSSR count). The highest BCUT2D eigenvalue weighted by Crippen LogP contribution is 2.32. The second-order valence-corrected chi connectivity index (χ2v) is 5.56. The summed E-state index contributed by atoms with van der Waals surface area (Å²) in [6.07, 6.45) is 4.89. The first-order chi connectivity index (χ1) is 10.2. The minimum absolute atomic E-state index is 0.519. The Balaban J connectivity index is 2.03. The summed E-state index contributed by atoms with van der Waals surface area (Å²) >= 11 is 1.45. The van der Waals surface area contributed by atoms with Gasteiger partial charge in [0.25, 0.3) is 0 Å². The fourth-order valence-electron chi connectivity index (χ4n) is 1.91. The van der Waals surface area contributed by atoms with Crippen LogP contribution in [0, 0.1) is 6.92 Å². The van der Waals surface area contributed by atoms with Gasteiger partial charge in [-0.2, -0.15) is 0 Å². The number of nitrogen functional groups attached to an aromatic ring is 1. The Kier molecular flexibility index (Phi) is 3.70. The molecule has 8 heteroatoms. The number of H-pyrrole nitrogens is 1. The molecule has 0 spiro atoms. The van der Waals surface area contributed by atoms with E-state index >= 15 is 0 Å². The van der Waals surface area contributed by atoms with E-state index in [-0.39, 0.29) is 0 Å². The van der Waals surface area contributed by atoms with Crippen molar-refractivity contribution in [1.82, 2.24) is 29.9 Å². The van der Waals surface area contributed by atoms with E-state index in [4.69, 9.17) is 5.73 Å². The van der Waals surface area contributed by atoms with Crippen LogP contribution >= 0.6 is 11.8 Å². The Morgan fingerprint density at radius 3 is 2.86 bits per heavy atom. The molecule has 0 aliphatic rings. The summed E-state index contributed by atoms with van der Waals surface area (Å²) in [5.74, 6) is 1.28. The number of nitrogens with zero attached hydrogens (tertiary/aromatic N) is 5. The van der Waals surface area contributed by atoms with E-state index < -0.39 is 0 Å². The molecule has 0 radical (unpaired) electrons. The number of hydrogen-bond acceptors (Lipinski definition) is 7. The van der Waals surface area contributed by atoms with Gasteiger partial charge in [0.05, 0.1) is 6.33 Å². The van der Waals surface area contributed by atoms with Crippen molar-refractivity contribution in [2.24, 2.45) is 0 Å². The lowest BCUT2D eigenvalue weighted by Gasteiger charge is -2.09. The van der Waals surface area contributed by atoms with Crippen LogP contribution in [0.25, 0.3) is 11.2 Å². The maximum absolute atomic E-state index is 5.98. The summed E-state index contributed by atoms with van der Waals surface area (Å²) in [5, 5.41) is 1.60. The summed E-state index contributed by atoms with van der Waals surface area (Å²) in [5.41, 5.74) is 8.29. The van der Waals surface area contributed by atoms with Gasteiger partial charge in [0.15, 0.2) is 5.65 Å². The van der Waals surface area contributed by atoms with Gasteiger partial charge in [-0.3, -0.25) is 0 Å². The normalized spacial score (nSPS) is 11.1. The van der Waals surface area contributed by atoms with Crippen LogP contribution in [0.5, 0.6) is 0 Å². The van der Waals surface area contributed by atoms with Crippen LogP contribution in [-0.4, -0.2) is 29.9 Å². The Labute approximate surface area is 125 Å². The smallest absolute Gasteiger partial charge is 0.181 e. The van der Waals surface area contributed by atoms with E-state index in [1.165, 1.54) is 18.1 Å². The monoisotopic (exact) mass is 301 g/mol. The minimum atomic E-state index is 0.519. The van der Waals surface area contributed by atoms with Crippen molar-refractivity contribution >= 4 is 28.7 Å². The van der Waals surface area contributed by atoms with E-state index in [0.29, 0.717) is 11.5 Å². The van der Waals surface area contributed by atoms with Gasteiger partial charge in [-0.1, -0.05) is 6.92 Å². The third-order valence-corrected chi connectivity index (χ3v) is 4.13. The van der Waals surface area contributed by atoms with Crippen molar-refractivity contribution in [2.75, 3.05) is 5.73 Å². The zero-order valence-corrected chi connectivity index (χ0v) is 12.6. The average molecular weight is 301 g/mol. The van der Waals surface area contributed by atoms with E-state index in [9.17, 15) is 0 Å². The summed E-state index contributed by atoms with van der Waals surface area (Å²) in [6, 6.07) is 0. The number of aromatic nitrogens is 6. The van der Waals surface area contributed by atoms with Crippen LogP contribution in [0.3, 0.4) is 0 Å². The van der Waals surface area contributed by atoms with Crippen LogP contribution in [0.4, 0.5) is 5.82 Å². The number of hydrogen-bond donors (Lipinski definition) is 2. The first-order valence-electron chi connectivity index (χ1n) is 6.64. The van der Waals surface area contributed by atoms with Crippen molar-refractivity contribution in [2.45, 2.75) is 36.7 Å². The predicted molar refractivity (Wildman–Crippen MR) is 81.0 cm³/mol. The fourth-order valence-corrected chi connectivity index (χ4v) is 2.85. The van der Waals surface area contributed by atoms with Gasteiger partial charge in [0.1, 0.15) is 33.5 Å². The zero-order valence-electron chi connectivity index (χ0n) is 11.8. The topological polar surface area (TPSA) is 106 Å². The van der Waals surface area contributed by atoms with Gasteiger partial charge in [0.2, 0.25) is 0 Å². The quantitative estimate of drug-likeness (QED) is 0.711. The lowest BCUT2D eigenvalue weighted by atomic mass is 10.3. The molecule has 0 amide bonds. The molecule has 3 aromatic rings. The van der Waals surface area contributed by atoms with Crippen LogP contribution in [0.15, 0.2) is 22.7 Å². The summed E-state index contributed by atoms with van der Waals surface area (Å²) < 4.78 is 0. The SMILES string of the molecule is CCCc1nc(N)c(C)c(Sc2ncnc3nc[nH]c23)n1. The van der Waals surface area contributed by atoms with Crippen molar-refractivity contribution in [1.29, 1.82) is 0 Å². The molecule has 0 atom stereocenters.